The van der Waals surface area contributed by atoms with Crippen molar-refractivity contribution >= 4 is 22.7 Å². The molecular formula is C16H14N2O2. The summed E-state index contributed by atoms with van der Waals surface area (Å²) in [7, 11) is 0. The third kappa shape index (κ3) is 2.28. The van der Waals surface area contributed by atoms with Crippen molar-refractivity contribution < 1.29 is 9.21 Å². The highest BCUT2D eigenvalue weighted by Crippen LogP contribution is 2.19. The van der Waals surface area contributed by atoms with Crippen LogP contribution in [0.4, 0.5) is 5.69 Å². The van der Waals surface area contributed by atoms with Crippen LogP contribution < -0.4 is 5.32 Å². The van der Waals surface area contributed by atoms with Gasteiger partial charge in [0.15, 0.2) is 11.5 Å². The van der Waals surface area contributed by atoms with Crippen LogP contribution in [0.5, 0.6) is 0 Å². The fraction of sp³-hybridized carbons (Fsp3) is 0.125. The largest absolute Gasteiger partial charge is 0.441 e. The van der Waals surface area contributed by atoms with Gasteiger partial charge in [0.2, 0.25) is 0 Å². The van der Waals surface area contributed by atoms with E-state index < -0.39 is 0 Å². The number of aryl methyl sites for hydroxylation is 2. The molecule has 0 fully saturated rings. The number of nitrogens with zero attached hydrogens (tertiary/aromatic N) is 1. The molecule has 1 amide bonds. The van der Waals surface area contributed by atoms with Crippen LogP contribution in [0.1, 0.15) is 21.8 Å². The minimum absolute atomic E-state index is 0.151. The van der Waals surface area contributed by atoms with Gasteiger partial charge in [0.05, 0.1) is 0 Å². The lowest BCUT2D eigenvalue weighted by Crippen LogP contribution is -2.12. The van der Waals surface area contributed by atoms with Crippen molar-refractivity contribution in [3.05, 3.63) is 59.5 Å². The van der Waals surface area contributed by atoms with E-state index in [0.29, 0.717) is 22.6 Å². The summed E-state index contributed by atoms with van der Waals surface area (Å²) in [6.07, 6.45) is 0. The Kier molecular flexibility index (Phi) is 2.99. The van der Waals surface area contributed by atoms with Crippen LogP contribution >= 0.6 is 0 Å². The van der Waals surface area contributed by atoms with Crippen molar-refractivity contribution in [2.75, 3.05) is 5.32 Å². The number of anilines is 1. The van der Waals surface area contributed by atoms with Crippen molar-refractivity contribution in [1.82, 2.24) is 4.98 Å². The quantitative estimate of drug-likeness (QED) is 0.769. The molecule has 0 aliphatic carbocycles. The van der Waals surface area contributed by atoms with E-state index in [4.69, 9.17) is 4.42 Å². The van der Waals surface area contributed by atoms with Gasteiger partial charge in [-0.2, -0.15) is 0 Å². The van der Waals surface area contributed by atoms with Crippen LogP contribution in [0, 0.1) is 13.8 Å². The SMILES string of the molecule is Cc1nc2cc(C(=O)Nc3ccccc3C)ccc2o1. The third-order valence-electron chi connectivity index (χ3n) is 3.15. The van der Waals surface area contributed by atoms with Crippen molar-refractivity contribution in [2.45, 2.75) is 13.8 Å². The van der Waals surface area contributed by atoms with Gasteiger partial charge >= 0.3 is 0 Å². The molecule has 2 aromatic carbocycles. The summed E-state index contributed by atoms with van der Waals surface area (Å²) < 4.78 is 5.40. The minimum Gasteiger partial charge on any atom is -0.441 e. The maximum Gasteiger partial charge on any atom is 0.255 e. The summed E-state index contributed by atoms with van der Waals surface area (Å²) >= 11 is 0. The number of hydrogen-bond donors (Lipinski definition) is 1. The Morgan fingerprint density at radius 2 is 1.95 bits per heavy atom. The predicted molar refractivity (Wildman–Crippen MR) is 77.9 cm³/mol. The maximum atomic E-state index is 12.2. The molecule has 0 aliphatic heterocycles. The van der Waals surface area contributed by atoms with Gasteiger partial charge in [-0.15, -0.1) is 0 Å². The molecule has 0 bridgehead atoms. The standard InChI is InChI=1S/C16H14N2O2/c1-10-5-3-4-6-13(10)18-16(19)12-7-8-15-14(9-12)17-11(2)20-15/h3-9H,1-2H3,(H,18,19). The minimum atomic E-state index is -0.151. The summed E-state index contributed by atoms with van der Waals surface area (Å²) in [6, 6.07) is 12.9. The Labute approximate surface area is 116 Å². The van der Waals surface area contributed by atoms with E-state index in [1.807, 2.05) is 31.2 Å². The smallest absolute Gasteiger partial charge is 0.255 e. The second-order valence-electron chi connectivity index (χ2n) is 4.68. The lowest BCUT2D eigenvalue weighted by molar-refractivity contribution is 0.102. The lowest BCUT2D eigenvalue weighted by Gasteiger charge is -2.07. The van der Waals surface area contributed by atoms with Crippen molar-refractivity contribution in [1.29, 1.82) is 0 Å². The number of hydrogen-bond acceptors (Lipinski definition) is 3. The number of benzene rings is 2. The number of carbonyl (C=O) groups is 1. The normalized spacial score (nSPS) is 10.7. The van der Waals surface area contributed by atoms with E-state index in [2.05, 4.69) is 10.3 Å². The maximum absolute atomic E-state index is 12.2. The summed E-state index contributed by atoms with van der Waals surface area (Å²) in [5.74, 6) is 0.443. The Hall–Kier alpha value is -2.62. The van der Waals surface area contributed by atoms with E-state index in [0.717, 1.165) is 11.3 Å². The highest BCUT2D eigenvalue weighted by Gasteiger charge is 2.10. The molecular weight excluding hydrogens is 252 g/mol. The highest BCUT2D eigenvalue weighted by atomic mass is 16.3. The van der Waals surface area contributed by atoms with Gasteiger partial charge in [-0.1, -0.05) is 18.2 Å². The monoisotopic (exact) mass is 266 g/mol. The van der Waals surface area contributed by atoms with Gasteiger partial charge in [-0.25, -0.2) is 4.98 Å². The predicted octanol–water partition coefficient (Wildman–Crippen LogP) is 3.70. The van der Waals surface area contributed by atoms with Crippen LogP contribution in [0.3, 0.4) is 0 Å². The average molecular weight is 266 g/mol. The van der Waals surface area contributed by atoms with Crippen LogP contribution in [0.25, 0.3) is 11.1 Å². The zero-order valence-electron chi connectivity index (χ0n) is 11.3. The molecule has 0 unspecified atom stereocenters. The first kappa shape index (κ1) is 12.4. The summed E-state index contributed by atoms with van der Waals surface area (Å²) in [5.41, 5.74) is 3.79. The van der Waals surface area contributed by atoms with Gasteiger partial charge in [0, 0.05) is 18.2 Å². The van der Waals surface area contributed by atoms with E-state index in [1.165, 1.54) is 0 Å². The molecule has 20 heavy (non-hydrogen) atoms. The summed E-state index contributed by atoms with van der Waals surface area (Å²) in [4.78, 5) is 16.5. The number of fused-ring (bicyclic) bond motifs is 1. The van der Waals surface area contributed by atoms with Crippen molar-refractivity contribution in [3.63, 3.8) is 0 Å². The summed E-state index contributed by atoms with van der Waals surface area (Å²) in [5, 5.41) is 2.90. The molecule has 4 nitrogen and oxygen atoms in total. The third-order valence-corrected chi connectivity index (χ3v) is 3.15. The highest BCUT2D eigenvalue weighted by molar-refractivity contribution is 6.06. The van der Waals surface area contributed by atoms with Crippen LogP contribution in [-0.2, 0) is 0 Å². The van der Waals surface area contributed by atoms with E-state index in [9.17, 15) is 4.79 Å². The first-order valence-electron chi connectivity index (χ1n) is 6.37. The topological polar surface area (TPSA) is 55.1 Å². The van der Waals surface area contributed by atoms with Gasteiger partial charge in [0.25, 0.3) is 5.91 Å². The van der Waals surface area contributed by atoms with Crippen LogP contribution in [-0.4, -0.2) is 10.9 Å². The molecule has 100 valence electrons. The number of nitrogens with one attached hydrogen (secondary N) is 1. The summed E-state index contributed by atoms with van der Waals surface area (Å²) in [6.45, 7) is 3.74. The Bertz CT molecular complexity index is 790. The molecule has 0 radical (unpaired) electrons. The molecule has 1 N–H and O–H groups in total. The number of aromatic nitrogens is 1. The Balaban J connectivity index is 1.90. The molecule has 0 aliphatic rings. The number of para-hydroxylation sites is 1. The Morgan fingerprint density at radius 3 is 2.75 bits per heavy atom. The van der Waals surface area contributed by atoms with Gasteiger partial charge < -0.3 is 9.73 Å². The first-order valence-corrected chi connectivity index (χ1v) is 6.37. The molecule has 0 atom stereocenters. The Morgan fingerprint density at radius 1 is 1.15 bits per heavy atom. The first-order chi connectivity index (χ1) is 9.63. The second-order valence-corrected chi connectivity index (χ2v) is 4.68. The van der Waals surface area contributed by atoms with Gasteiger partial charge in [0.1, 0.15) is 5.52 Å². The number of oxazole rings is 1. The molecule has 3 aromatic rings. The van der Waals surface area contributed by atoms with Crippen LogP contribution in [0.2, 0.25) is 0 Å². The fourth-order valence-corrected chi connectivity index (χ4v) is 2.09. The second kappa shape index (κ2) is 4.81. The van der Waals surface area contributed by atoms with E-state index >= 15 is 0 Å². The number of carbonyl (C=O) groups excluding carboxylic acids is 1. The molecule has 3 rings (SSSR count). The van der Waals surface area contributed by atoms with E-state index in [1.54, 1.807) is 25.1 Å². The van der Waals surface area contributed by atoms with Gasteiger partial charge in [-0.05, 0) is 36.8 Å². The lowest BCUT2D eigenvalue weighted by atomic mass is 10.1. The fourth-order valence-electron chi connectivity index (χ4n) is 2.09. The average Bonchev–Trinajstić information content (AvgIpc) is 2.80. The van der Waals surface area contributed by atoms with Crippen molar-refractivity contribution in [3.8, 4) is 0 Å². The van der Waals surface area contributed by atoms with E-state index in [-0.39, 0.29) is 5.91 Å². The molecule has 0 saturated heterocycles. The zero-order valence-corrected chi connectivity index (χ0v) is 11.3. The van der Waals surface area contributed by atoms with Gasteiger partial charge in [-0.3, -0.25) is 4.79 Å². The van der Waals surface area contributed by atoms with Crippen molar-refractivity contribution in [2.24, 2.45) is 0 Å². The molecule has 0 saturated carbocycles. The molecule has 1 aromatic heterocycles. The van der Waals surface area contributed by atoms with Crippen LogP contribution in [0.15, 0.2) is 46.9 Å². The molecule has 1 heterocycles. The number of rotatable bonds is 2. The molecule has 0 spiro atoms. The number of amides is 1. The zero-order chi connectivity index (χ0) is 14.1. The molecule has 4 heteroatoms.